The second-order valence-electron chi connectivity index (χ2n) is 13.1. The van der Waals surface area contributed by atoms with E-state index < -0.39 is 43.8 Å². The van der Waals surface area contributed by atoms with Gasteiger partial charge in [-0.1, -0.05) is 54.6 Å². The van der Waals surface area contributed by atoms with Gasteiger partial charge in [-0.3, -0.25) is 9.78 Å². The van der Waals surface area contributed by atoms with Crippen LogP contribution in [0.15, 0.2) is 94.5 Å². The molecule has 0 saturated carbocycles. The summed E-state index contributed by atoms with van der Waals surface area (Å²) < 4.78 is 40.9. The molecular weight excluding hydrogens is 697 g/mol. The Kier molecular flexibility index (Phi) is 13.5. The van der Waals surface area contributed by atoms with Crippen molar-refractivity contribution in [3.8, 4) is 17.6 Å². The van der Waals surface area contributed by atoms with Crippen molar-refractivity contribution in [3.63, 3.8) is 0 Å². The largest absolute Gasteiger partial charge is 0.497 e. The molecule has 0 bridgehead atoms. The molecule has 1 aliphatic rings. The Morgan fingerprint density at radius 3 is 2.02 bits per heavy atom. The number of hydrogen-bond acceptors (Lipinski definition) is 11. The number of nitrogen functional groups attached to an aromatic ring is 1. The highest BCUT2D eigenvalue weighted by Crippen LogP contribution is 2.50. The Bertz CT molecular complexity index is 1840. The molecule has 1 saturated heterocycles. The van der Waals surface area contributed by atoms with Crippen molar-refractivity contribution in [2.45, 2.75) is 76.7 Å². The lowest BCUT2D eigenvalue weighted by Gasteiger charge is -2.39. The molecular formula is C39H48N5O8P. The third-order valence-corrected chi connectivity index (χ3v) is 11.1. The number of methoxy groups -OCH3 is 2. The van der Waals surface area contributed by atoms with Crippen molar-refractivity contribution in [2.24, 2.45) is 0 Å². The predicted octanol–water partition coefficient (Wildman–Crippen LogP) is 6.09. The Morgan fingerprint density at radius 1 is 0.943 bits per heavy atom. The number of H-pyrrole nitrogens is 1. The highest BCUT2D eigenvalue weighted by Gasteiger charge is 2.45. The van der Waals surface area contributed by atoms with E-state index in [1.165, 1.54) is 0 Å². The zero-order valence-electron chi connectivity index (χ0n) is 30.9. The second kappa shape index (κ2) is 18.0. The van der Waals surface area contributed by atoms with Crippen molar-refractivity contribution in [3.05, 3.63) is 122 Å². The number of rotatable bonds is 17. The summed E-state index contributed by atoms with van der Waals surface area (Å²) >= 11 is 0. The highest BCUT2D eigenvalue weighted by molar-refractivity contribution is 7.44. The van der Waals surface area contributed by atoms with E-state index >= 15 is 0 Å². The molecule has 0 spiro atoms. The number of benzene rings is 3. The van der Waals surface area contributed by atoms with Crippen LogP contribution in [0, 0.1) is 11.3 Å². The minimum absolute atomic E-state index is 0.0273. The molecule has 3 N–H and O–H groups in total. The molecule has 14 heteroatoms. The number of nitrogens with one attached hydrogen (secondary N) is 1. The van der Waals surface area contributed by atoms with E-state index in [-0.39, 0.29) is 44.0 Å². The van der Waals surface area contributed by atoms with Gasteiger partial charge in [0.2, 0.25) is 0 Å². The van der Waals surface area contributed by atoms with Crippen LogP contribution >= 0.6 is 8.53 Å². The zero-order chi connectivity index (χ0) is 38.1. The fourth-order valence-corrected chi connectivity index (χ4v) is 8.36. The van der Waals surface area contributed by atoms with E-state index in [1.807, 2.05) is 107 Å². The molecule has 5 rings (SSSR count). The van der Waals surface area contributed by atoms with Crippen LogP contribution in [0.5, 0.6) is 11.5 Å². The Morgan fingerprint density at radius 2 is 1.51 bits per heavy atom. The average molecular weight is 746 g/mol. The van der Waals surface area contributed by atoms with E-state index in [4.69, 9.17) is 33.7 Å². The normalized spacial score (nSPS) is 18.0. The summed E-state index contributed by atoms with van der Waals surface area (Å²) in [5, 5.41) is 9.28. The first kappa shape index (κ1) is 39.7. The highest BCUT2D eigenvalue weighted by atomic mass is 31.2. The fourth-order valence-electron chi connectivity index (χ4n) is 6.61. The maximum atomic E-state index is 13.2. The van der Waals surface area contributed by atoms with Gasteiger partial charge < -0.3 is 33.7 Å². The number of aromatic nitrogens is 2. The van der Waals surface area contributed by atoms with Crippen molar-refractivity contribution in [2.75, 3.05) is 33.2 Å². The first-order chi connectivity index (χ1) is 25.5. The Labute approximate surface area is 311 Å². The van der Waals surface area contributed by atoms with E-state index in [0.29, 0.717) is 11.5 Å². The first-order valence-electron chi connectivity index (χ1n) is 17.5. The van der Waals surface area contributed by atoms with Crippen LogP contribution in [0.1, 0.15) is 63.5 Å². The summed E-state index contributed by atoms with van der Waals surface area (Å²) in [4.78, 5) is 28.8. The van der Waals surface area contributed by atoms with Crippen LogP contribution in [-0.2, 0) is 24.1 Å². The molecule has 0 amide bonds. The number of hydrogen-bond donors (Lipinski definition) is 2. The summed E-state index contributed by atoms with van der Waals surface area (Å²) in [7, 11) is 1.51. The number of nitriles is 1. The molecule has 53 heavy (non-hydrogen) atoms. The van der Waals surface area contributed by atoms with Gasteiger partial charge in [-0.05, 0) is 68.7 Å². The smallest absolute Gasteiger partial charge is 0.332 e. The number of nitrogens with zero attached hydrogens (tertiary/aromatic N) is 3. The van der Waals surface area contributed by atoms with E-state index in [0.717, 1.165) is 27.3 Å². The third-order valence-electron chi connectivity index (χ3n) is 8.98. The maximum absolute atomic E-state index is 13.2. The molecule has 282 valence electrons. The quantitative estimate of drug-likeness (QED) is 0.0730. The molecule has 2 heterocycles. The topological polar surface area (TPSA) is 163 Å². The summed E-state index contributed by atoms with van der Waals surface area (Å²) in [6.45, 7) is 8.33. The minimum Gasteiger partial charge on any atom is -0.497 e. The summed E-state index contributed by atoms with van der Waals surface area (Å²) in [6, 6.07) is 28.6. The lowest BCUT2D eigenvalue weighted by atomic mass is 9.80. The summed E-state index contributed by atoms with van der Waals surface area (Å²) in [5.74, 6) is 1.32. The standard InChI is InChI=1S/C39H48N5O8P/c1-26(2)44(27(3)4)53(50-22-10-21-40)52-33-23-37(43-36(45)24-35(41)42-38(43)46)51-34(33)25-49-39(28-11-8-7-9-12-28,29-13-17-31(47-5)18-14-29)30-15-19-32(48-6)20-16-30/h7-9,11-20,24,26-27,33-34,37H,10,22-23,25,41H2,1-6H3,(H,42,46)/t33-,34+,37+,53?/m0/s1. The number of anilines is 1. The van der Waals surface area contributed by atoms with E-state index in [9.17, 15) is 14.9 Å². The third kappa shape index (κ3) is 8.99. The monoisotopic (exact) mass is 745 g/mol. The lowest BCUT2D eigenvalue weighted by Crippen LogP contribution is -2.40. The van der Waals surface area contributed by atoms with Crippen molar-refractivity contribution in [1.29, 1.82) is 5.26 Å². The van der Waals surface area contributed by atoms with Gasteiger partial charge in [-0.25, -0.2) is 14.0 Å². The van der Waals surface area contributed by atoms with Gasteiger partial charge in [0.1, 0.15) is 35.2 Å². The zero-order valence-corrected chi connectivity index (χ0v) is 31.8. The van der Waals surface area contributed by atoms with E-state index in [2.05, 4.69) is 15.7 Å². The van der Waals surface area contributed by atoms with Gasteiger partial charge in [0.15, 0.2) is 0 Å². The second-order valence-corrected chi connectivity index (χ2v) is 14.5. The summed E-state index contributed by atoms with van der Waals surface area (Å²) in [6.07, 6.45) is -2.16. The van der Waals surface area contributed by atoms with Crippen molar-refractivity contribution in [1.82, 2.24) is 14.2 Å². The molecule has 0 radical (unpaired) electrons. The molecule has 4 atom stereocenters. The van der Waals surface area contributed by atoms with Gasteiger partial charge >= 0.3 is 5.69 Å². The lowest BCUT2D eigenvalue weighted by molar-refractivity contribution is -0.0930. The SMILES string of the molecule is COc1ccc(C(OC[C@H]2O[C@@H](n3c(=O)cc(N)[nH]c3=O)C[C@@H]2OP(OCCC#N)N(C(C)C)C(C)C)(c2ccccc2)c2ccc(OC)cc2)cc1. The molecule has 1 aromatic heterocycles. The molecule has 4 aromatic rings. The predicted molar refractivity (Wildman–Crippen MR) is 203 cm³/mol. The van der Waals surface area contributed by atoms with Crippen LogP contribution < -0.4 is 26.5 Å². The van der Waals surface area contributed by atoms with Crippen LogP contribution in [-0.4, -0.2) is 65.9 Å². The molecule has 1 aliphatic heterocycles. The average Bonchev–Trinajstić information content (AvgIpc) is 3.53. The Balaban J connectivity index is 1.61. The number of nitrogens with two attached hydrogens (primary N) is 1. The van der Waals surface area contributed by atoms with Crippen LogP contribution in [0.2, 0.25) is 0 Å². The van der Waals surface area contributed by atoms with Crippen LogP contribution in [0.3, 0.4) is 0 Å². The fraction of sp³-hybridized carbons (Fsp3) is 0.410. The number of aromatic amines is 1. The van der Waals surface area contributed by atoms with Crippen LogP contribution in [0.4, 0.5) is 5.82 Å². The van der Waals surface area contributed by atoms with E-state index in [1.54, 1.807) is 14.2 Å². The minimum atomic E-state index is -1.72. The number of ether oxygens (including phenoxy) is 4. The molecule has 1 unspecified atom stereocenters. The Hall–Kier alpha value is -4.54. The maximum Gasteiger partial charge on any atom is 0.332 e. The van der Waals surface area contributed by atoms with Gasteiger partial charge in [0.05, 0.1) is 46.0 Å². The van der Waals surface area contributed by atoms with Gasteiger partial charge in [-0.2, -0.15) is 5.26 Å². The van der Waals surface area contributed by atoms with Gasteiger partial charge in [-0.15, -0.1) is 0 Å². The molecule has 3 aromatic carbocycles. The van der Waals surface area contributed by atoms with Crippen molar-refractivity contribution < 1.29 is 28.0 Å². The molecule has 1 fully saturated rings. The first-order valence-corrected chi connectivity index (χ1v) is 18.7. The summed E-state index contributed by atoms with van der Waals surface area (Å²) in [5.41, 5.74) is 5.79. The van der Waals surface area contributed by atoms with Gasteiger partial charge in [0.25, 0.3) is 14.1 Å². The van der Waals surface area contributed by atoms with Crippen molar-refractivity contribution >= 4 is 14.3 Å². The molecule has 0 aliphatic carbocycles. The van der Waals surface area contributed by atoms with Crippen LogP contribution in [0.25, 0.3) is 0 Å². The molecule has 13 nitrogen and oxygen atoms in total. The van der Waals surface area contributed by atoms with Gasteiger partial charge in [0, 0.05) is 24.6 Å².